The van der Waals surface area contributed by atoms with Crippen LogP contribution in [0.15, 0.2) is 72.6 Å². The van der Waals surface area contributed by atoms with Gasteiger partial charge >= 0.3 is 0 Å². The molecule has 8 nitrogen and oxygen atoms in total. The SMILES string of the molecule is N#Cc1ccc2ccnc(Nc3ccc(C(=O)NCC4=CC(=N)C(=N)C=C4)nc3)c2c1. The van der Waals surface area contributed by atoms with Crippen LogP contribution in [0.2, 0.25) is 0 Å². The quantitative estimate of drug-likeness (QED) is 0.479. The van der Waals surface area contributed by atoms with Crippen molar-refractivity contribution in [3.8, 4) is 6.07 Å². The van der Waals surface area contributed by atoms with Crippen LogP contribution in [0.25, 0.3) is 10.8 Å². The summed E-state index contributed by atoms with van der Waals surface area (Å²) in [5.41, 5.74) is 2.46. The van der Waals surface area contributed by atoms with Crippen LogP contribution in [-0.4, -0.2) is 33.8 Å². The third-order valence-corrected chi connectivity index (χ3v) is 4.69. The van der Waals surface area contributed by atoms with Gasteiger partial charge in [-0.15, -0.1) is 0 Å². The molecule has 150 valence electrons. The largest absolute Gasteiger partial charge is 0.347 e. The summed E-state index contributed by atoms with van der Waals surface area (Å²) in [5, 5.41) is 32.0. The number of anilines is 2. The first-order valence-corrected chi connectivity index (χ1v) is 9.40. The van der Waals surface area contributed by atoms with E-state index in [-0.39, 0.29) is 29.6 Å². The van der Waals surface area contributed by atoms with E-state index in [2.05, 4.69) is 26.7 Å². The highest BCUT2D eigenvalue weighted by atomic mass is 16.1. The molecule has 0 radical (unpaired) electrons. The molecule has 0 aliphatic heterocycles. The highest BCUT2D eigenvalue weighted by molar-refractivity contribution is 6.49. The number of benzene rings is 1. The number of pyridine rings is 2. The smallest absolute Gasteiger partial charge is 0.270 e. The average Bonchev–Trinajstić information content (AvgIpc) is 2.80. The summed E-state index contributed by atoms with van der Waals surface area (Å²) in [6, 6.07) is 12.7. The van der Waals surface area contributed by atoms with Crippen LogP contribution in [-0.2, 0) is 0 Å². The van der Waals surface area contributed by atoms with Crippen LogP contribution in [0.5, 0.6) is 0 Å². The lowest BCUT2D eigenvalue weighted by Gasteiger charge is -2.11. The van der Waals surface area contributed by atoms with Crippen LogP contribution in [0.1, 0.15) is 16.1 Å². The summed E-state index contributed by atoms with van der Waals surface area (Å²) in [6.07, 6.45) is 8.01. The first-order valence-electron chi connectivity index (χ1n) is 9.40. The average molecular weight is 407 g/mol. The second kappa shape index (κ2) is 8.39. The number of amides is 1. The Balaban J connectivity index is 1.45. The highest BCUT2D eigenvalue weighted by Gasteiger charge is 2.11. The van der Waals surface area contributed by atoms with E-state index in [0.717, 1.165) is 16.3 Å². The van der Waals surface area contributed by atoms with Gasteiger partial charge in [0, 0.05) is 18.1 Å². The first kappa shape index (κ1) is 19.7. The van der Waals surface area contributed by atoms with Gasteiger partial charge in [-0.3, -0.25) is 15.6 Å². The van der Waals surface area contributed by atoms with Crippen LogP contribution in [0.4, 0.5) is 11.5 Å². The fraction of sp³-hybridized carbons (Fsp3) is 0.0435. The molecule has 1 amide bonds. The topological polar surface area (TPSA) is 138 Å². The normalized spacial score (nSPS) is 12.9. The molecule has 1 aliphatic rings. The van der Waals surface area contributed by atoms with E-state index in [1.165, 1.54) is 6.08 Å². The molecule has 2 heterocycles. The highest BCUT2D eigenvalue weighted by Crippen LogP contribution is 2.25. The number of nitriles is 1. The first-order chi connectivity index (χ1) is 15.0. The van der Waals surface area contributed by atoms with E-state index in [4.69, 9.17) is 16.1 Å². The van der Waals surface area contributed by atoms with Crippen molar-refractivity contribution in [3.05, 3.63) is 83.9 Å². The Labute approximate surface area is 178 Å². The van der Waals surface area contributed by atoms with Crippen molar-refractivity contribution >= 4 is 39.6 Å². The molecule has 0 atom stereocenters. The molecule has 1 aliphatic carbocycles. The van der Waals surface area contributed by atoms with Crippen molar-refractivity contribution in [1.29, 1.82) is 16.1 Å². The van der Waals surface area contributed by atoms with Crippen molar-refractivity contribution in [3.63, 3.8) is 0 Å². The van der Waals surface area contributed by atoms with Crippen molar-refractivity contribution < 1.29 is 4.79 Å². The fourth-order valence-electron chi connectivity index (χ4n) is 3.05. The van der Waals surface area contributed by atoms with E-state index in [9.17, 15) is 4.79 Å². The third-order valence-electron chi connectivity index (χ3n) is 4.69. The molecule has 8 heteroatoms. The number of nitrogens with one attached hydrogen (secondary N) is 4. The van der Waals surface area contributed by atoms with Crippen molar-refractivity contribution in [2.45, 2.75) is 0 Å². The van der Waals surface area contributed by atoms with Gasteiger partial charge in [0.1, 0.15) is 11.5 Å². The van der Waals surface area contributed by atoms with Gasteiger partial charge in [-0.2, -0.15) is 5.26 Å². The van der Waals surface area contributed by atoms with Crippen molar-refractivity contribution in [2.75, 3.05) is 11.9 Å². The molecule has 4 rings (SSSR count). The van der Waals surface area contributed by atoms with Gasteiger partial charge in [0.25, 0.3) is 5.91 Å². The van der Waals surface area contributed by atoms with Gasteiger partial charge in [0.15, 0.2) is 0 Å². The predicted octanol–water partition coefficient (Wildman–Crippen LogP) is 3.51. The number of allylic oxidation sites excluding steroid dienone is 2. The molecular formula is C23H17N7O. The minimum absolute atomic E-state index is 0.115. The summed E-state index contributed by atoms with van der Waals surface area (Å²) in [7, 11) is 0. The summed E-state index contributed by atoms with van der Waals surface area (Å²) in [5.74, 6) is 0.257. The van der Waals surface area contributed by atoms with Crippen molar-refractivity contribution in [2.24, 2.45) is 0 Å². The summed E-state index contributed by atoms with van der Waals surface area (Å²) < 4.78 is 0. The van der Waals surface area contributed by atoms with Crippen LogP contribution < -0.4 is 10.6 Å². The number of fused-ring (bicyclic) bond motifs is 1. The van der Waals surface area contributed by atoms with Crippen molar-refractivity contribution in [1.82, 2.24) is 15.3 Å². The molecule has 0 spiro atoms. The Bertz CT molecular complexity index is 1310. The minimum Gasteiger partial charge on any atom is -0.347 e. The molecule has 4 N–H and O–H groups in total. The fourth-order valence-corrected chi connectivity index (χ4v) is 3.05. The van der Waals surface area contributed by atoms with Gasteiger partial charge in [-0.1, -0.05) is 12.1 Å². The zero-order valence-electron chi connectivity index (χ0n) is 16.3. The standard InChI is InChI=1S/C23H17N7O/c24-11-14-1-3-16-7-8-27-22(18(16)9-14)30-17-4-6-21(28-13-17)23(31)29-12-15-2-5-19(25)20(26)10-15/h1-10,13,25-26H,12H2,(H,27,30)(H,29,31). The zero-order valence-corrected chi connectivity index (χ0v) is 16.3. The minimum atomic E-state index is -0.338. The van der Waals surface area contributed by atoms with E-state index >= 15 is 0 Å². The number of carbonyl (C=O) groups is 1. The van der Waals surface area contributed by atoms with Gasteiger partial charge in [0.2, 0.25) is 0 Å². The molecular weight excluding hydrogens is 390 g/mol. The number of nitrogens with zero attached hydrogens (tertiary/aromatic N) is 3. The summed E-state index contributed by atoms with van der Waals surface area (Å²) >= 11 is 0. The molecule has 2 aromatic heterocycles. The van der Waals surface area contributed by atoms with Crippen LogP contribution in [0, 0.1) is 22.1 Å². The number of rotatable bonds is 5. The monoisotopic (exact) mass is 407 g/mol. The summed E-state index contributed by atoms with van der Waals surface area (Å²) in [4.78, 5) is 20.9. The molecule has 3 aromatic rings. The molecule has 0 unspecified atom stereocenters. The lowest BCUT2D eigenvalue weighted by Crippen LogP contribution is -2.27. The second-order valence-electron chi connectivity index (χ2n) is 6.83. The molecule has 0 fully saturated rings. The third kappa shape index (κ3) is 4.36. The Morgan fingerprint density at radius 2 is 1.94 bits per heavy atom. The van der Waals surface area contributed by atoms with E-state index in [0.29, 0.717) is 17.1 Å². The molecule has 1 aromatic carbocycles. The van der Waals surface area contributed by atoms with Gasteiger partial charge in [0.05, 0.1) is 34.9 Å². The Hall–Kier alpha value is -4.64. The molecule has 0 bridgehead atoms. The molecule has 0 saturated carbocycles. The van der Waals surface area contributed by atoms with Crippen LogP contribution in [0.3, 0.4) is 0 Å². The summed E-state index contributed by atoms with van der Waals surface area (Å²) in [6.45, 7) is 0.244. The number of carbonyl (C=O) groups excluding carboxylic acids is 1. The lowest BCUT2D eigenvalue weighted by atomic mass is 10.0. The van der Waals surface area contributed by atoms with Gasteiger partial charge in [-0.05, 0) is 53.4 Å². The van der Waals surface area contributed by atoms with E-state index in [1.54, 1.807) is 48.8 Å². The maximum absolute atomic E-state index is 12.4. The van der Waals surface area contributed by atoms with Crippen LogP contribution >= 0.6 is 0 Å². The zero-order chi connectivity index (χ0) is 21.8. The number of hydrogen-bond acceptors (Lipinski definition) is 7. The Morgan fingerprint density at radius 1 is 1.06 bits per heavy atom. The Morgan fingerprint density at radius 3 is 2.68 bits per heavy atom. The maximum atomic E-state index is 12.4. The number of hydrogen-bond donors (Lipinski definition) is 4. The number of aromatic nitrogens is 2. The predicted molar refractivity (Wildman–Crippen MR) is 119 cm³/mol. The lowest BCUT2D eigenvalue weighted by molar-refractivity contribution is 0.0952. The Kier molecular flexibility index (Phi) is 5.32. The van der Waals surface area contributed by atoms with E-state index < -0.39 is 0 Å². The molecule has 0 saturated heterocycles. The molecule has 31 heavy (non-hydrogen) atoms. The van der Waals surface area contributed by atoms with E-state index in [1.807, 2.05) is 12.1 Å². The maximum Gasteiger partial charge on any atom is 0.270 e. The second-order valence-corrected chi connectivity index (χ2v) is 6.83. The van der Waals surface area contributed by atoms with Gasteiger partial charge in [-0.25, -0.2) is 9.97 Å². The van der Waals surface area contributed by atoms with Gasteiger partial charge < -0.3 is 10.6 Å².